The fourth-order valence-corrected chi connectivity index (χ4v) is 2.22. The molecule has 0 unspecified atom stereocenters. The largest absolute Gasteiger partial charge is 0.340 e. The van der Waals surface area contributed by atoms with Gasteiger partial charge in [0.1, 0.15) is 23.2 Å². The Bertz CT molecular complexity index is 705. The summed E-state index contributed by atoms with van der Waals surface area (Å²) in [5.41, 5.74) is 2.29. The fourth-order valence-electron chi connectivity index (χ4n) is 1.96. The van der Waals surface area contributed by atoms with Crippen molar-refractivity contribution in [2.45, 2.75) is 0 Å². The van der Waals surface area contributed by atoms with E-state index in [4.69, 9.17) is 11.6 Å². The summed E-state index contributed by atoms with van der Waals surface area (Å²) in [5, 5.41) is 1.13. The molecule has 0 N–H and O–H groups in total. The zero-order valence-corrected chi connectivity index (χ0v) is 9.16. The van der Waals surface area contributed by atoms with Gasteiger partial charge in [-0.05, 0) is 18.2 Å². The van der Waals surface area contributed by atoms with E-state index in [9.17, 15) is 4.39 Å². The van der Waals surface area contributed by atoms with Gasteiger partial charge in [-0.1, -0.05) is 11.6 Å². The van der Waals surface area contributed by atoms with Crippen LogP contribution in [0.1, 0.15) is 0 Å². The molecule has 0 radical (unpaired) electrons. The topological polar surface area (TPSA) is 30.7 Å². The SMILES string of the molecule is Cn1c2ccc(F)cc2c2ncnc(Cl)c21. The van der Waals surface area contributed by atoms with Crippen molar-refractivity contribution in [2.75, 3.05) is 0 Å². The molecule has 0 aliphatic rings. The van der Waals surface area contributed by atoms with E-state index in [0.717, 1.165) is 16.4 Å². The Morgan fingerprint density at radius 2 is 2.12 bits per heavy atom. The third-order valence-electron chi connectivity index (χ3n) is 2.69. The molecule has 2 heterocycles. The third-order valence-corrected chi connectivity index (χ3v) is 2.96. The van der Waals surface area contributed by atoms with E-state index < -0.39 is 0 Å². The smallest absolute Gasteiger partial charge is 0.156 e. The van der Waals surface area contributed by atoms with Gasteiger partial charge in [0.15, 0.2) is 5.15 Å². The predicted octanol–water partition coefficient (Wildman–Crippen LogP) is 2.91. The molecule has 2 aromatic heterocycles. The van der Waals surface area contributed by atoms with Crippen LogP contribution in [0.15, 0.2) is 24.5 Å². The van der Waals surface area contributed by atoms with E-state index >= 15 is 0 Å². The van der Waals surface area contributed by atoms with Crippen molar-refractivity contribution in [3.63, 3.8) is 0 Å². The minimum Gasteiger partial charge on any atom is -0.340 e. The summed E-state index contributed by atoms with van der Waals surface area (Å²) in [4.78, 5) is 8.07. The van der Waals surface area contributed by atoms with Crippen molar-refractivity contribution in [3.05, 3.63) is 35.5 Å². The first-order valence-electron chi connectivity index (χ1n) is 4.72. The van der Waals surface area contributed by atoms with Crippen molar-refractivity contribution >= 4 is 33.5 Å². The molecular weight excluding hydrogens is 229 g/mol. The van der Waals surface area contributed by atoms with E-state index in [2.05, 4.69) is 9.97 Å². The molecule has 0 saturated heterocycles. The van der Waals surface area contributed by atoms with Gasteiger partial charge in [-0.3, -0.25) is 0 Å². The monoisotopic (exact) mass is 235 g/mol. The third kappa shape index (κ3) is 1.13. The number of hydrogen-bond donors (Lipinski definition) is 0. The summed E-state index contributed by atoms with van der Waals surface area (Å²) in [6.07, 6.45) is 1.38. The zero-order chi connectivity index (χ0) is 11.3. The molecule has 0 saturated carbocycles. The number of nitrogens with zero attached hydrogens (tertiary/aromatic N) is 3. The molecule has 0 spiro atoms. The van der Waals surface area contributed by atoms with Crippen LogP contribution in [0.5, 0.6) is 0 Å². The Morgan fingerprint density at radius 1 is 1.31 bits per heavy atom. The molecule has 3 aromatic rings. The van der Waals surface area contributed by atoms with Gasteiger partial charge < -0.3 is 4.57 Å². The van der Waals surface area contributed by atoms with Crippen LogP contribution in [0.4, 0.5) is 4.39 Å². The summed E-state index contributed by atoms with van der Waals surface area (Å²) in [7, 11) is 1.86. The minimum atomic E-state index is -0.283. The van der Waals surface area contributed by atoms with Gasteiger partial charge in [0.2, 0.25) is 0 Å². The van der Waals surface area contributed by atoms with Crippen LogP contribution in [-0.2, 0) is 7.05 Å². The highest BCUT2D eigenvalue weighted by Gasteiger charge is 2.12. The van der Waals surface area contributed by atoms with Crippen molar-refractivity contribution < 1.29 is 4.39 Å². The van der Waals surface area contributed by atoms with Crippen molar-refractivity contribution in [1.82, 2.24) is 14.5 Å². The maximum absolute atomic E-state index is 13.2. The molecular formula is C11H7ClFN3. The molecule has 16 heavy (non-hydrogen) atoms. The lowest BCUT2D eigenvalue weighted by Gasteiger charge is -1.97. The van der Waals surface area contributed by atoms with E-state index in [0.29, 0.717) is 10.7 Å². The van der Waals surface area contributed by atoms with Crippen LogP contribution in [0.2, 0.25) is 5.15 Å². The predicted molar refractivity (Wildman–Crippen MR) is 61.0 cm³/mol. The molecule has 0 bridgehead atoms. The Balaban J connectivity index is 2.65. The van der Waals surface area contributed by atoms with Crippen molar-refractivity contribution in [1.29, 1.82) is 0 Å². The van der Waals surface area contributed by atoms with Gasteiger partial charge in [0, 0.05) is 12.4 Å². The summed E-state index contributed by atoms with van der Waals surface area (Å²) < 4.78 is 15.1. The van der Waals surface area contributed by atoms with Crippen LogP contribution < -0.4 is 0 Å². The fraction of sp³-hybridized carbons (Fsp3) is 0.0909. The van der Waals surface area contributed by atoms with Gasteiger partial charge in [-0.15, -0.1) is 0 Å². The maximum atomic E-state index is 13.2. The number of rotatable bonds is 0. The molecule has 0 amide bonds. The molecule has 5 heteroatoms. The Labute approximate surface area is 95.5 Å². The second-order valence-electron chi connectivity index (χ2n) is 3.58. The summed E-state index contributed by atoms with van der Waals surface area (Å²) in [6.45, 7) is 0. The molecule has 0 atom stereocenters. The quantitative estimate of drug-likeness (QED) is 0.561. The van der Waals surface area contributed by atoms with Gasteiger partial charge in [0.25, 0.3) is 0 Å². The molecule has 1 aromatic carbocycles. The second kappa shape index (κ2) is 3.15. The molecule has 0 aliphatic heterocycles. The van der Waals surface area contributed by atoms with Crippen LogP contribution >= 0.6 is 11.6 Å². The number of benzene rings is 1. The number of hydrogen-bond acceptors (Lipinski definition) is 2. The van der Waals surface area contributed by atoms with Gasteiger partial charge in [-0.25, -0.2) is 14.4 Å². The maximum Gasteiger partial charge on any atom is 0.156 e. The van der Waals surface area contributed by atoms with Crippen LogP contribution in [0.3, 0.4) is 0 Å². The average molecular weight is 236 g/mol. The molecule has 0 fully saturated rings. The standard InChI is InChI=1S/C11H7ClFN3/c1-16-8-3-2-6(13)4-7(8)9-10(16)11(12)15-5-14-9/h2-5H,1H3. The zero-order valence-electron chi connectivity index (χ0n) is 8.41. The van der Waals surface area contributed by atoms with E-state index in [-0.39, 0.29) is 5.82 Å². The molecule has 0 aliphatic carbocycles. The van der Waals surface area contributed by atoms with Crippen molar-refractivity contribution in [3.8, 4) is 0 Å². The highest BCUT2D eigenvalue weighted by atomic mass is 35.5. The van der Waals surface area contributed by atoms with Crippen molar-refractivity contribution in [2.24, 2.45) is 7.05 Å². The lowest BCUT2D eigenvalue weighted by Crippen LogP contribution is -1.89. The number of fused-ring (bicyclic) bond motifs is 3. The van der Waals surface area contributed by atoms with Crippen LogP contribution in [0.25, 0.3) is 21.9 Å². The highest BCUT2D eigenvalue weighted by Crippen LogP contribution is 2.29. The number of halogens is 2. The highest BCUT2D eigenvalue weighted by molar-refractivity contribution is 6.34. The van der Waals surface area contributed by atoms with Gasteiger partial charge >= 0.3 is 0 Å². The lowest BCUT2D eigenvalue weighted by atomic mass is 10.2. The first kappa shape index (κ1) is 9.54. The number of aromatic nitrogens is 3. The normalized spacial score (nSPS) is 11.4. The lowest BCUT2D eigenvalue weighted by molar-refractivity contribution is 0.629. The van der Waals surface area contributed by atoms with E-state index in [1.807, 2.05) is 11.6 Å². The first-order valence-corrected chi connectivity index (χ1v) is 5.10. The Hall–Kier alpha value is -1.68. The Morgan fingerprint density at radius 3 is 2.94 bits per heavy atom. The second-order valence-corrected chi connectivity index (χ2v) is 3.94. The average Bonchev–Trinajstić information content (AvgIpc) is 2.54. The first-order chi connectivity index (χ1) is 7.68. The minimum absolute atomic E-state index is 0.283. The van der Waals surface area contributed by atoms with Crippen LogP contribution in [0, 0.1) is 5.82 Å². The van der Waals surface area contributed by atoms with Crippen LogP contribution in [-0.4, -0.2) is 14.5 Å². The Kier molecular flexibility index (Phi) is 1.88. The summed E-state index contributed by atoms with van der Waals surface area (Å²) >= 11 is 6.01. The number of aryl methyl sites for hydroxylation is 1. The molecule has 80 valence electrons. The molecule has 3 nitrogen and oxygen atoms in total. The summed E-state index contributed by atoms with van der Waals surface area (Å²) in [6, 6.07) is 4.59. The summed E-state index contributed by atoms with van der Waals surface area (Å²) in [5.74, 6) is -0.283. The van der Waals surface area contributed by atoms with Gasteiger partial charge in [-0.2, -0.15) is 0 Å². The van der Waals surface area contributed by atoms with E-state index in [1.165, 1.54) is 18.5 Å². The van der Waals surface area contributed by atoms with Gasteiger partial charge in [0.05, 0.1) is 5.52 Å². The molecule has 3 rings (SSSR count). The van der Waals surface area contributed by atoms with E-state index in [1.54, 1.807) is 6.07 Å².